The number of para-hydroxylation sites is 2. The van der Waals surface area contributed by atoms with Crippen LogP contribution >= 0.6 is 0 Å². The van der Waals surface area contributed by atoms with Gasteiger partial charge in [0.15, 0.2) is 11.6 Å². The lowest BCUT2D eigenvalue weighted by Crippen LogP contribution is -2.34. The van der Waals surface area contributed by atoms with Crippen molar-refractivity contribution in [1.82, 2.24) is 0 Å². The molecule has 0 aromatic heterocycles. The van der Waals surface area contributed by atoms with E-state index in [9.17, 15) is 9.59 Å². The first kappa shape index (κ1) is 20.0. The van der Waals surface area contributed by atoms with Crippen molar-refractivity contribution < 1.29 is 14.3 Å². The smallest absolute Gasteiger partial charge is 0.159 e. The van der Waals surface area contributed by atoms with Crippen LogP contribution in [0.2, 0.25) is 0 Å². The van der Waals surface area contributed by atoms with Gasteiger partial charge in [0.2, 0.25) is 0 Å². The maximum atomic E-state index is 11.9. The molecule has 0 unspecified atom stereocenters. The Balaban J connectivity index is 1.88. The van der Waals surface area contributed by atoms with Gasteiger partial charge in [0.1, 0.15) is 11.5 Å². The van der Waals surface area contributed by atoms with E-state index in [1.807, 2.05) is 84.9 Å². The van der Waals surface area contributed by atoms with Crippen LogP contribution in [-0.4, -0.2) is 11.6 Å². The number of ketones is 2. The Hall–Kier alpha value is -3.98. The van der Waals surface area contributed by atoms with Crippen molar-refractivity contribution in [1.29, 1.82) is 0 Å². The van der Waals surface area contributed by atoms with Crippen molar-refractivity contribution in [3.63, 3.8) is 0 Å². The number of fused-ring (bicyclic) bond motifs is 2. The summed E-state index contributed by atoms with van der Waals surface area (Å²) in [4.78, 5) is 23.9. The monoisotopic (exact) mass is 418 g/mol. The fraction of sp³-hybridized carbons (Fsp3) is 0.103. The van der Waals surface area contributed by atoms with Crippen molar-refractivity contribution in [2.75, 3.05) is 0 Å². The van der Waals surface area contributed by atoms with Gasteiger partial charge in [0.05, 0.1) is 5.41 Å². The van der Waals surface area contributed by atoms with E-state index < -0.39 is 5.41 Å². The molecule has 5 rings (SSSR count). The van der Waals surface area contributed by atoms with Crippen molar-refractivity contribution in [2.24, 2.45) is 0 Å². The molecular weight excluding hydrogens is 396 g/mol. The molecule has 0 atom stereocenters. The Bertz CT molecular complexity index is 1230. The van der Waals surface area contributed by atoms with E-state index in [4.69, 9.17) is 4.74 Å². The van der Waals surface area contributed by atoms with Crippen LogP contribution < -0.4 is 4.74 Å². The van der Waals surface area contributed by atoms with Gasteiger partial charge in [-0.25, -0.2) is 0 Å². The minimum Gasteiger partial charge on any atom is -0.457 e. The van der Waals surface area contributed by atoms with Crippen LogP contribution in [0, 0.1) is 0 Å². The van der Waals surface area contributed by atoms with E-state index in [2.05, 4.69) is 12.1 Å². The fourth-order valence-electron chi connectivity index (χ4n) is 4.69. The van der Waals surface area contributed by atoms with Crippen LogP contribution in [0.3, 0.4) is 0 Å². The molecule has 0 saturated heterocycles. The first-order valence-corrected chi connectivity index (χ1v) is 10.6. The highest BCUT2D eigenvalue weighted by Crippen LogP contribution is 2.55. The van der Waals surface area contributed by atoms with Gasteiger partial charge >= 0.3 is 0 Å². The zero-order valence-electron chi connectivity index (χ0n) is 18.0. The van der Waals surface area contributed by atoms with E-state index in [1.54, 1.807) is 13.8 Å². The quantitative estimate of drug-likeness (QED) is 0.310. The molecule has 0 spiro atoms. The third kappa shape index (κ3) is 2.97. The van der Waals surface area contributed by atoms with Crippen LogP contribution in [-0.2, 0) is 5.41 Å². The van der Waals surface area contributed by atoms with Gasteiger partial charge in [0.25, 0.3) is 0 Å². The summed E-state index contributed by atoms with van der Waals surface area (Å²) < 4.78 is 6.29. The Morgan fingerprint density at radius 1 is 0.562 bits per heavy atom. The van der Waals surface area contributed by atoms with Crippen LogP contribution in [0.1, 0.15) is 56.8 Å². The Labute approximate surface area is 187 Å². The normalized spacial score (nSPS) is 13.4. The molecule has 4 aromatic rings. The van der Waals surface area contributed by atoms with E-state index in [0.29, 0.717) is 11.1 Å². The Morgan fingerprint density at radius 2 is 0.938 bits per heavy atom. The average molecular weight is 418 g/mol. The molecule has 156 valence electrons. The molecule has 0 aliphatic carbocycles. The number of hydrogen-bond acceptors (Lipinski definition) is 3. The number of carbonyl (C=O) groups excluding carboxylic acids is 2. The summed E-state index contributed by atoms with van der Waals surface area (Å²) in [6, 6.07) is 31.7. The van der Waals surface area contributed by atoms with Crippen LogP contribution in [0.5, 0.6) is 11.5 Å². The molecule has 0 amide bonds. The highest BCUT2D eigenvalue weighted by molar-refractivity contribution is 5.94. The van der Waals surface area contributed by atoms with Gasteiger partial charge in [0, 0.05) is 22.3 Å². The lowest BCUT2D eigenvalue weighted by molar-refractivity contribution is 0.100. The molecule has 0 fully saturated rings. The number of benzene rings is 4. The summed E-state index contributed by atoms with van der Waals surface area (Å²) in [7, 11) is 0. The minimum atomic E-state index is -0.657. The molecule has 32 heavy (non-hydrogen) atoms. The first-order valence-electron chi connectivity index (χ1n) is 10.6. The number of carbonyl (C=O) groups is 2. The molecular formula is C29H22O3. The zero-order chi connectivity index (χ0) is 22.3. The minimum absolute atomic E-state index is 0.0317. The maximum Gasteiger partial charge on any atom is 0.159 e. The second-order valence-corrected chi connectivity index (χ2v) is 8.11. The van der Waals surface area contributed by atoms with Crippen molar-refractivity contribution >= 4 is 11.6 Å². The molecule has 0 N–H and O–H groups in total. The second kappa shape index (κ2) is 7.61. The maximum absolute atomic E-state index is 11.9. The van der Waals surface area contributed by atoms with Crippen molar-refractivity contribution in [3.05, 3.63) is 130 Å². The average Bonchev–Trinajstić information content (AvgIpc) is 2.82. The summed E-state index contributed by atoms with van der Waals surface area (Å²) in [5, 5.41) is 0. The second-order valence-electron chi connectivity index (χ2n) is 8.11. The molecule has 4 aromatic carbocycles. The highest BCUT2D eigenvalue weighted by Gasteiger charge is 2.45. The topological polar surface area (TPSA) is 43.4 Å². The molecule has 3 heteroatoms. The SMILES string of the molecule is CC(=O)c1ccc(C2(c3ccc(C(C)=O)cc3)c3ccccc3Oc3ccccc32)cc1. The van der Waals surface area contributed by atoms with Crippen LogP contribution in [0.25, 0.3) is 0 Å². The Kier molecular flexibility index (Phi) is 4.75. The van der Waals surface area contributed by atoms with Crippen LogP contribution in [0.4, 0.5) is 0 Å². The molecule has 0 saturated carbocycles. The van der Waals surface area contributed by atoms with Gasteiger partial charge in [-0.1, -0.05) is 84.9 Å². The summed E-state index contributed by atoms with van der Waals surface area (Å²) >= 11 is 0. The third-order valence-corrected chi connectivity index (χ3v) is 6.25. The summed E-state index contributed by atoms with van der Waals surface area (Å²) in [6.07, 6.45) is 0. The van der Waals surface area contributed by atoms with Gasteiger partial charge in [-0.05, 0) is 37.1 Å². The Morgan fingerprint density at radius 3 is 1.31 bits per heavy atom. The molecule has 1 aliphatic rings. The number of rotatable bonds is 4. The number of ether oxygens (including phenoxy) is 1. The zero-order valence-corrected chi connectivity index (χ0v) is 18.0. The lowest BCUT2D eigenvalue weighted by Gasteiger charge is -2.41. The molecule has 1 aliphatic heterocycles. The first-order chi connectivity index (χ1) is 15.5. The van der Waals surface area contributed by atoms with E-state index in [1.165, 1.54) is 0 Å². The fourth-order valence-corrected chi connectivity index (χ4v) is 4.69. The van der Waals surface area contributed by atoms with Gasteiger partial charge < -0.3 is 4.74 Å². The molecule has 3 nitrogen and oxygen atoms in total. The lowest BCUT2D eigenvalue weighted by atomic mass is 9.63. The number of hydrogen-bond donors (Lipinski definition) is 0. The molecule has 1 heterocycles. The molecule has 0 bridgehead atoms. The largest absolute Gasteiger partial charge is 0.457 e. The predicted molar refractivity (Wildman–Crippen MR) is 125 cm³/mol. The van der Waals surface area contributed by atoms with Crippen LogP contribution in [0.15, 0.2) is 97.1 Å². The summed E-state index contributed by atoms with van der Waals surface area (Å²) in [6.45, 7) is 3.15. The third-order valence-electron chi connectivity index (χ3n) is 6.25. The van der Waals surface area contributed by atoms with Crippen molar-refractivity contribution in [3.8, 4) is 11.5 Å². The van der Waals surface area contributed by atoms with Gasteiger partial charge in [-0.2, -0.15) is 0 Å². The highest BCUT2D eigenvalue weighted by atomic mass is 16.5. The number of Topliss-reactive ketones (excluding diaryl/α,β-unsaturated/α-hetero) is 2. The predicted octanol–water partition coefficient (Wildman–Crippen LogP) is 6.58. The van der Waals surface area contributed by atoms with Gasteiger partial charge in [-0.15, -0.1) is 0 Å². The van der Waals surface area contributed by atoms with Crippen molar-refractivity contribution in [2.45, 2.75) is 19.3 Å². The standard InChI is InChI=1S/C29H22O3/c1-19(30)21-11-15-23(16-12-21)29(24-17-13-22(14-18-24)20(2)31)25-7-3-5-9-27(25)32-28-10-6-4-8-26(28)29/h3-18H,1-2H3. The molecule has 0 radical (unpaired) electrons. The van der Waals surface area contributed by atoms with E-state index in [-0.39, 0.29) is 11.6 Å². The summed E-state index contributed by atoms with van der Waals surface area (Å²) in [5.41, 5.74) is 4.78. The summed E-state index contributed by atoms with van der Waals surface area (Å²) in [5.74, 6) is 1.64. The van der Waals surface area contributed by atoms with Gasteiger partial charge in [-0.3, -0.25) is 9.59 Å². The van der Waals surface area contributed by atoms with E-state index >= 15 is 0 Å². The van der Waals surface area contributed by atoms with E-state index in [0.717, 1.165) is 33.8 Å².